The van der Waals surface area contributed by atoms with Crippen LogP contribution in [0.15, 0.2) is 5.11 Å². The largest absolute Gasteiger partial charge is 0.462 e. The SMILES string of the molecule is CC(C)CCC[C@@H](C)[C@H]1CC[C@H]2[C@@H]3CC[C@H]4C[C@@H](OC(=O)CCCCN=[N+]=[N-])CC[C@]4(C)[C@H]3CC[C@]12C. The first-order valence-corrected chi connectivity index (χ1v) is 15.9. The molecule has 4 aliphatic rings. The molecule has 9 atom stereocenters. The third-order valence-electron chi connectivity index (χ3n) is 12.1. The molecule has 210 valence electrons. The molecule has 0 spiro atoms. The number of azide groups is 1. The van der Waals surface area contributed by atoms with Crippen LogP contribution in [0, 0.1) is 52.3 Å². The number of fused-ring (bicyclic) bond motifs is 5. The second-order valence-electron chi connectivity index (χ2n) is 14.5. The average molecular weight is 514 g/mol. The van der Waals surface area contributed by atoms with Crippen molar-refractivity contribution < 1.29 is 9.53 Å². The number of unbranched alkanes of at least 4 members (excludes halogenated alkanes) is 1. The number of rotatable bonds is 11. The van der Waals surface area contributed by atoms with Crippen molar-refractivity contribution in [2.45, 2.75) is 137 Å². The molecule has 0 unspecified atom stereocenters. The second-order valence-corrected chi connectivity index (χ2v) is 14.5. The third-order valence-corrected chi connectivity index (χ3v) is 12.1. The zero-order valence-corrected chi connectivity index (χ0v) is 24.6. The molecule has 5 heteroatoms. The summed E-state index contributed by atoms with van der Waals surface area (Å²) < 4.78 is 5.96. The minimum atomic E-state index is -0.0591. The molecule has 0 bridgehead atoms. The van der Waals surface area contributed by atoms with Gasteiger partial charge in [-0.1, -0.05) is 59.0 Å². The summed E-state index contributed by atoms with van der Waals surface area (Å²) in [4.78, 5) is 15.2. The lowest BCUT2D eigenvalue weighted by molar-refractivity contribution is -0.162. The lowest BCUT2D eigenvalue weighted by Crippen LogP contribution is -2.54. The van der Waals surface area contributed by atoms with E-state index in [4.69, 9.17) is 10.3 Å². The Balaban J connectivity index is 1.32. The van der Waals surface area contributed by atoms with Gasteiger partial charge in [0, 0.05) is 17.9 Å². The summed E-state index contributed by atoms with van der Waals surface area (Å²) in [6, 6.07) is 0. The van der Waals surface area contributed by atoms with Gasteiger partial charge < -0.3 is 4.74 Å². The highest BCUT2D eigenvalue weighted by Gasteiger charge is 2.60. The van der Waals surface area contributed by atoms with E-state index in [2.05, 4.69) is 44.6 Å². The molecule has 0 radical (unpaired) electrons. The maximum absolute atomic E-state index is 12.4. The van der Waals surface area contributed by atoms with Crippen molar-refractivity contribution in [3.8, 4) is 0 Å². The molecule has 0 aromatic carbocycles. The van der Waals surface area contributed by atoms with Crippen molar-refractivity contribution in [1.29, 1.82) is 0 Å². The van der Waals surface area contributed by atoms with E-state index >= 15 is 0 Å². The fourth-order valence-electron chi connectivity index (χ4n) is 10.1. The predicted octanol–water partition coefficient (Wildman–Crippen LogP) is 9.50. The summed E-state index contributed by atoms with van der Waals surface area (Å²) in [6.45, 7) is 13.1. The van der Waals surface area contributed by atoms with Crippen molar-refractivity contribution >= 4 is 5.97 Å². The Kier molecular flexibility index (Phi) is 9.58. The van der Waals surface area contributed by atoms with Gasteiger partial charge in [0.15, 0.2) is 0 Å². The van der Waals surface area contributed by atoms with Crippen LogP contribution in [-0.2, 0) is 9.53 Å². The quantitative estimate of drug-likeness (QED) is 0.0906. The molecule has 0 N–H and O–H groups in total. The Morgan fingerprint density at radius 1 is 0.946 bits per heavy atom. The van der Waals surface area contributed by atoms with E-state index in [1.807, 2.05) is 0 Å². The number of ether oxygens (including phenoxy) is 1. The highest BCUT2D eigenvalue weighted by Crippen LogP contribution is 2.68. The summed E-state index contributed by atoms with van der Waals surface area (Å²) in [5, 5.41) is 3.55. The van der Waals surface area contributed by atoms with Gasteiger partial charge >= 0.3 is 5.97 Å². The summed E-state index contributed by atoms with van der Waals surface area (Å²) in [6.07, 6.45) is 18.1. The number of nitrogens with zero attached hydrogens (tertiary/aromatic N) is 3. The molecule has 4 saturated carbocycles. The van der Waals surface area contributed by atoms with Gasteiger partial charge in [0.25, 0.3) is 0 Å². The van der Waals surface area contributed by atoms with Crippen molar-refractivity contribution in [3.05, 3.63) is 10.4 Å². The first kappa shape index (κ1) is 28.8. The number of carbonyl (C=O) groups is 1. The lowest BCUT2D eigenvalue weighted by Gasteiger charge is -2.61. The van der Waals surface area contributed by atoms with E-state index in [-0.39, 0.29) is 12.1 Å². The van der Waals surface area contributed by atoms with E-state index in [1.54, 1.807) is 0 Å². The van der Waals surface area contributed by atoms with Gasteiger partial charge in [-0.05, 0) is 128 Å². The van der Waals surface area contributed by atoms with Crippen LogP contribution in [0.25, 0.3) is 10.4 Å². The Morgan fingerprint density at radius 2 is 1.70 bits per heavy atom. The van der Waals surface area contributed by atoms with E-state index in [1.165, 1.54) is 64.2 Å². The maximum atomic E-state index is 12.4. The lowest BCUT2D eigenvalue weighted by atomic mass is 9.44. The molecule has 37 heavy (non-hydrogen) atoms. The molecule has 4 fully saturated rings. The monoisotopic (exact) mass is 513 g/mol. The Morgan fingerprint density at radius 3 is 2.46 bits per heavy atom. The van der Waals surface area contributed by atoms with E-state index in [0.717, 1.165) is 61.2 Å². The number of carbonyl (C=O) groups excluding carboxylic acids is 1. The molecule has 0 heterocycles. The summed E-state index contributed by atoms with van der Waals surface area (Å²) in [7, 11) is 0. The highest BCUT2D eigenvalue weighted by atomic mass is 16.5. The summed E-state index contributed by atoms with van der Waals surface area (Å²) >= 11 is 0. The topological polar surface area (TPSA) is 75.1 Å². The molecule has 0 saturated heterocycles. The Bertz CT molecular complexity index is 823. The minimum Gasteiger partial charge on any atom is -0.462 e. The standard InChI is InChI=1S/C32H55N3O2/c1-22(2)9-8-10-23(3)27-14-15-28-26-13-12-24-21-25(37-30(36)11-6-7-20-34-35-33)16-18-31(24,4)29(26)17-19-32(27,28)5/h22-29H,6-21H2,1-5H3/t23-,24+,25+,26+,27-,28+,29+,31+,32-/m1/s1. The zero-order chi connectivity index (χ0) is 26.6. The fraction of sp³-hybridized carbons (Fsp3) is 0.969. The zero-order valence-electron chi connectivity index (χ0n) is 24.6. The van der Waals surface area contributed by atoms with Gasteiger partial charge in [-0.15, -0.1) is 0 Å². The molecular weight excluding hydrogens is 458 g/mol. The first-order valence-electron chi connectivity index (χ1n) is 15.9. The Hall–Kier alpha value is -1.22. The number of esters is 1. The normalized spacial score (nSPS) is 39.7. The molecule has 0 aliphatic heterocycles. The molecule has 0 aromatic heterocycles. The van der Waals surface area contributed by atoms with Crippen molar-refractivity contribution in [2.24, 2.45) is 57.4 Å². The van der Waals surface area contributed by atoms with Crippen LogP contribution in [0.2, 0.25) is 0 Å². The summed E-state index contributed by atoms with van der Waals surface area (Å²) in [5.74, 6) is 6.01. The predicted molar refractivity (Wildman–Crippen MR) is 151 cm³/mol. The molecule has 4 rings (SSSR count). The first-order chi connectivity index (χ1) is 17.7. The van der Waals surface area contributed by atoms with Gasteiger partial charge in [0.1, 0.15) is 6.10 Å². The Labute approximate surface area is 226 Å². The van der Waals surface area contributed by atoms with Gasteiger partial charge in [-0.2, -0.15) is 0 Å². The second kappa shape index (κ2) is 12.3. The van der Waals surface area contributed by atoms with Crippen LogP contribution >= 0.6 is 0 Å². The van der Waals surface area contributed by atoms with Crippen molar-refractivity contribution in [2.75, 3.05) is 6.54 Å². The van der Waals surface area contributed by atoms with Gasteiger partial charge in [-0.3, -0.25) is 4.79 Å². The minimum absolute atomic E-state index is 0.0591. The molecule has 5 nitrogen and oxygen atoms in total. The van der Waals surface area contributed by atoms with E-state index in [0.29, 0.717) is 29.7 Å². The van der Waals surface area contributed by atoms with Crippen LogP contribution in [0.4, 0.5) is 0 Å². The van der Waals surface area contributed by atoms with E-state index < -0.39 is 0 Å². The average Bonchev–Trinajstić information content (AvgIpc) is 3.21. The van der Waals surface area contributed by atoms with Gasteiger partial charge in [0.2, 0.25) is 0 Å². The maximum Gasteiger partial charge on any atom is 0.306 e. The van der Waals surface area contributed by atoms with Gasteiger partial charge in [-0.25, -0.2) is 0 Å². The molecule has 4 aliphatic carbocycles. The number of hydrogen-bond donors (Lipinski definition) is 0. The van der Waals surface area contributed by atoms with Crippen LogP contribution in [0.3, 0.4) is 0 Å². The van der Waals surface area contributed by atoms with Gasteiger partial charge in [0.05, 0.1) is 0 Å². The van der Waals surface area contributed by atoms with E-state index in [9.17, 15) is 4.79 Å². The third kappa shape index (κ3) is 6.18. The van der Waals surface area contributed by atoms with Crippen LogP contribution in [-0.4, -0.2) is 18.6 Å². The molecular formula is C32H55N3O2. The molecule has 0 amide bonds. The smallest absolute Gasteiger partial charge is 0.306 e. The highest BCUT2D eigenvalue weighted by molar-refractivity contribution is 5.69. The van der Waals surface area contributed by atoms with Crippen LogP contribution in [0.5, 0.6) is 0 Å². The van der Waals surface area contributed by atoms with Crippen LogP contribution in [0.1, 0.15) is 131 Å². The van der Waals surface area contributed by atoms with Crippen molar-refractivity contribution in [3.63, 3.8) is 0 Å². The molecule has 0 aromatic rings. The van der Waals surface area contributed by atoms with Crippen molar-refractivity contribution in [1.82, 2.24) is 0 Å². The number of hydrogen-bond acceptors (Lipinski definition) is 3. The van der Waals surface area contributed by atoms with Crippen LogP contribution < -0.4 is 0 Å². The fourth-order valence-corrected chi connectivity index (χ4v) is 10.1. The summed E-state index contributed by atoms with van der Waals surface area (Å²) in [5.41, 5.74) is 9.38.